The van der Waals surface area contributed by atoms with Crippen molar-refractivity contribution in [2.75, 3.05) is 11.9 Å². The van der Waals surface area contributed by atoms with Crippen LogP contribution < -0.4 is 5.32 Å². The maximum absolute atomic E-state index is 12.7. The average molecular weight is 304 g/mol. The number of fused-ring (bicyclic) bond motifs is 2. The summed E-state index contributed by atoms with van der Waals surface area (Å²) in [6.07, 6.45) is 1.64. The van der Waals surface area contributed by atoms with Crippen molar-refractivity contribution in [2.45, 2.75) is 12.8 Å². The molecule has 0 bridgehead atoms. The van der Waals surface area contributed by atoms with E-state index in [-0.39, 0.29) is 5.78 Å². The second kappa shape index (κ2) is 5.09. The van der Waals surface area contributed by atoms with E-state index < -0.39 is 11.7 Å². The Bertz CT molecular complexity index is 939. The van der Waals surface area contributed by atoms with Gasteiger partial charge in [-0.3, -0.25) is 9.59 Å². The highest BCUT2D eigenvalue weighted by molar-refractivity contribution is 6.47. The number of benzene rings is 2. The molecule has 0 saturated carbocycles. The molecule has 3 aromatic rings. The zero-order valence-corrected chi connectivity index (χ0v) is 12.7. The SMILES string of the molecule is Cc1ccc2[nH]cc(C(=O)C(=O)C3CNc4ccccc43)c2c1. The molecule has 0 aliphatic carbocycles. The van der Waals surface area contributed by atoms with Gasteiger partial charge < -0.3 is 10.3 Å². The lowest BCUT2D eigenvalue weighted by Gasteiger charge is -2.07. The van der Waals surface area contributed by atoms with Crippen LogP contribution in [0.25, 0.3) is 10.9 Å². The van der Waals surface area contributed by atoms with Crippen molar-refractivity contribution in [3.05, 3.63) is 65.4 Å². The summed E-state index contributed by atoms with van der Waals surface area (Å²) >= 11 is 0. The number of Topliss-reactive ketones (excluding diaryl/α,β-unsaturated/α-hetero) is 2. The zero-order valence-electron chi connectivity index (χ0n) is 12.7. The van der Waals surface area contributed by atoms with Gasteiger partial charge in [-0.05, 0) is 30.7 Å². The first-order chi connectivity index (χ1) is 11.1. The van der Waals surface area contributed by atoms with Crippen molar-refractivity contribution >= 4 is 28.2 Å². The van der Waals surface area contributed by atoms with Crippen LogP contribution in [0.4, 0.5) is 5.69 Å². The third-order valence-electron chi connectivity index (χ3n) is 4.46. The molecule has 4 rings (SSSR count). The minimum atomic E-state index is -0.426. The average Bonchev–Trinajstić information content (AvgIpc) is 3.17. The molecule has 2 heterocycles. The van der Waals surface area contributed by atoms with E-state index in [0.29, 0.717) is 12.1 Å². The number of para-hydroxylation sites is 1. The van der Waals surface area contributed by atoms with E-state index in [1.54, 1.807) is 6.20 Å². The van der Waals surface area contributed by atoms with Crippen LogP contribution in [0.5, 0.6) is 0 Å². The topological polar surface area (TPSA) is 62.0 Å². The van der Waals surface area contributed by atoms with Crippen LogP contribution in [0.3, 0.4) is 0 Å². The fourth-order valence-electron chi connectivity index (χ4n) is 3.23. The van der Waals surface area contributed by atoms with Crippen molar-refractivity contribution in [1.29, 1.82) is 0 Å². The van der Waals surface area contributed by atoms with E-state index in [4.69, 9.17) is 0 Å². The monoisotopic (exact) mass is 304 g/mol. The van der Waals surface area contributed by atoms with E-state index in [9.17, 15) is 9.59 Å². The molecule has 0 saturated heterocycles. The first-order valence-corrected chi connectivity index (χ1v) is 7.64. The highest BCUT2D eigenvalue weighted by Crippen LogP contribution is 2.33. The number of carbonyl (C=O) groups is 2. The predicted molar refractivity (Wildman–Crippen MR) is 90.0 cm³/mol. The van der Waals surface area contributed by atoms with Crippen molar-refractivity contribution in [2.24, 2.45) is 0 Å². The van der Waals surface area contributed by atoms with Crippen LogP contribution >= 0.6 is 0 Å². The van der Waals surface area contributed by atoms with Gasteiger partial charge in [0.05, 0.1) is 11.5 Å². The first kappa shape index (κ1) is 13.8. The van der Waals surface area contributed by atoms with Crippen molar-refractivity contribution in [3.8, 4) is 0 Å². The Hall–Kier alpha value is -2.88. The summed E-state index contributed by atoms with van der Waals surface area (Å²) in [7, 11) is 0. The number of anilines is 1. The molecular formula is C19H16N2O2. The van der Waals surface area contributed by atoms with Crippen LogP contribution in [0.15, 0.2) is 48.7 Å². The summed E-state index contributed by atoms with van der Waals surface area (Å²) in [5, 5.41) is 4.00. The van der Waals surface area contributed by atoms with Gasteiger partial charge in [0.15, 0.2) is 0 Å². The lowest BCUT2D eigenvalue weighted by atomic mass is 9.91. The highest BCUT2D eigenvalue weighted by atomic mass is 16.2. The Balaban J connectivity index is 1.72. The van der Waals surface area contributed by atoms with Gasteiger partial charge in [0.2, 0.25) is 11.6 Å². The second-order valence-electron chi connectivity index (χ2n) is 5.97. The Morgan fingerprint density at radius 1 is 1.13 bits per heavy atom. The summed E-state index contributed by atoms with van der Waals surface area (Å²) in [6, 6.07) is 13.5. The fraction of sp³-hybridized carbons (Fsp3) is 0.158. The summed E-state index contributed by atoms with van der Waals surface area (Å²) in [5.74, 6) is -1.19. The van der Waals surface area contributed by atoms with Crippen LogP contribution in [0.2, 0.25) is 0 Å². The molecule has 0 amide bonds. The largest absolute Gasteiger partial charge is 0.384 e. The van der Waals surface area contributed by atoms with E-state index in [2.05, 4.69) is 10.3 Å². The van der Waals surface area contributed by atoms with Gasteiger partial charge in [-0.15, -0.1) is 0 Å². The summed E-state index contributed by atoms with van der Waals surface area (Å²) in [5.41, 5.74) is 4.23. The molecule has 114 valence electrons. The molecule has 23 heavy (non-hydrogen) atoms. The smallest absolute Gasteiger partial charge is 0.231 e. The van der Waals surface area contributed by atoms with E-state index in [1.165, 1.54) is 0 Å². The molecule has 4 heteroatoms. The van der Waals surface area contributed by atoms with Crippen molar-refractivity contribution in [3.63, 3.8) is 0 Å². The van der Waals surface area contributed by atoms with Crippen LogP contribution in [-0.4, -0.2) is 23.1 Å². The Kier molecular flexibility index (Phi) is 3.05. The predicted octanol–water partition coefficient (Wildman–Crippen LogP) is 3.44. The van der Waals surface area contributed by atoms with E-state index in [0.717, 1.165) is 27.7 Å². The van der Waals surface area contributed by atoms with Gasteiger partial charge in [-0.1, -0.05) is 29.8 Å². The second-order valence-corrected chi connectivity index (χ2v) is 5.97. The molecule has 2 N–H and O–H groups in total. The number of nitrogens with one attached hydrogen (secondary N) is 2. The molecule has 2 aromatic carbocycles. The van der Waals surface area contributed by atoms with Crippen molar-refractivity contribution in [1.82, 2.24) is 4.98 Å². The molecule has 0 spiro atoms. The highest BCUT2D eigenvalue weighted by Gasteiger charge is 2.33. The number of rotatable bonds is 3. The van der Waals surface area contributed by atoms with Gasteiger partial charge >= 0.3 is 0 Å². The lowest BCUT2D eigenvalue weighted by molar-refractivity contribution is -0.116. The van der Waals surface area contributed by atoms with E-state index >= 15 is 0 Å². The molecule has 1 unspecified atom stereocenters. The number of aryl methyl sites for hydroxylation is 1. The quantitative estimate of drug-likeness (QED) is 0.575. The number of hydrogen-bond donors (Lipinski definition) is 2. The zero-order chi connectivity index (χ0) is 16.0. The summed E-state index contributed by atoms with van der Waals surface area (Å²) < 4.78 is 0. The Morgan fingerprint density at radius 2 is 1.96 bits per heavy atom. The normalized spacial score (nSPS) is 16.1. The van der Waals surface area contributed by atoms with Gasteiger partial charge in [0, 0.05) is 29.3 Å². The van der Waals surface area contributed by atoms with Gasteiger partial charge in [0.25, 0.3) is 0 Å². The Labute approximate surface area is 133 Å². The summed E-state index contributed by atoms with van der Waals surface area (Å²) in [6.45, 7) is 2.45. The van der Waals surface area contributed by atoms with Crippen LogP contribution in [0.1, 0.15) is 27.4 Å². The van der Waals surface area contributed by atoms with E-state index in [1.807, 2.05) is 49.4 Å². The molecule has 4 nitrogen and oxygen atoms in total. The van der Waals surface area contributed by atoms with Gasteiger partial charge in [0.1, 0.15) is 0 Å². The number of aromatic nitrogens is 1. The molecule has 1 aromatic heterocycles. The van der Waals surface area contributed by atoms with Gasteiger partial charge in [-0.2, -0.15) is 0 Å². The fourth-order valence-corrected chi connectivity index (χ4v) is 3.23. The number of ketones is 2. The number of carbonyl (C=O) groups excluding carboxylic acids is 2. The third kappa shape index (κ3) is 2.14. The first-order valence-electron chi connectivity index (χ1n) is 7.64. The number of aromatic amines is 1. The number of hydrogen-bond acceptors (Lipinski definition) is 3. The van der Waals surface area contributed by atoms with Gasteiger partial charge in [-0.25, -0.2) is 0 Å². The minimum absolute atomic E-state index is 0.357. The maximum atomic E-state index is 12.7. The molecule has 1 atom stereocenters. The molecule has 0 radical (unpaired) electrons. The minimum Gasteiger partial charge on any atom is -0.384 e. The molecular weight excluding hydrogens is 288 g/mol. The van der Waals surface area contributed by atoms with Crippen molar-refractivity contribution < 1.29 is 9.59 Å². The number of H-pyrrole nitrogens is 1. The lowest BCUT2D eigenvalue weighted by Crippen LogP contribution is -2.23. The van der Waals surface area contributed by atoms with Crippen LogP contribution in [0, 0.1) is 6.92 Å². The Morgan fingerprint density at radius 3 is 2.83 bits per heavy atom. The van der Waals surface area contributed by atoms with Crippen LogP contribution in [-0.2, 0) is 4.79 Å². The molecule has 1 aliphatic rings. The molecule has 0 fully saturated rings. The maximum Gasteiger partial charge on any atom is 0.231 e. The standard InChI is InChI=1S/C19H16N2O2/c1-11-6-7-17-13(8-11)15(10-21-17)19(23)18(22)14-9-20-16-5-3-2-4-12(14)16/h2-8,10,14,20-21H,9H2,1H3. The third-order valence-corrected chi connectivity index (χ3v) is 4.46. The molecule has 1 aliphatic heterocycles. The summed E-state index contributed by atoms with van der Waals surface area (Å²) in [4.78, 5) is 28.5.